The molecule has 0 spiro atoms. The lowest BCUT2D eigenvalue weighted by Crippen LogP contribution is -2.68. The van der Waals surface area contributed by atoms with E-state index in [1.165, 1.54) is 12.8 Å². The van der Waals surface area contributed by atoms with E-state index < -0.39 is 50.8 Å². The molecule has 16 aliphatic rings. The lowest BCUT2D eigenvalue weighted by atomic mass is 9.46. The predicted octanol–water partition coefficient (Wildman–Crippen LogP) is 17.9. The molecule has 14 saturated carbocycles. The van der Waals surface area contributed by atoms with E-state index in [1.807, 2.05) is 54.6 Å². The van der Waals surface area contributed by atoms with E-state index in [0.29, 0.717) is 65.8 Å². The molecule has 12 heteroatoms. The van der Waals surface area contributed by atoms with Gasteiger partial charge in [-0.1, -0.05) is 273 Å². The molecule has 12 bridgehead atoms. The monoisotopic (exact) mass is 1560 g/mol. The number of likely N-dealkylation sites (tertiary alicyclic amines) is 2. The number of fused-ring (bicyclic) bond motifs is 2. The predicted molar refractivity (Wildman–Crippen MR) is 458 cm³/mol. The minimum atomic E-state index is -0.848. The zero-order chi connectivity index (χ0) is 79.7. The molecule has 117 heavy (non-hydrogen) atoms. The van der Waals surface area contributed by atoms with Crippen molar-refractivity contribution in [3.05, 3.63) is 323 Å². The Morgan fingerprint density at radius 1 is 0.299 bits per heavy atom. The molecule has 9 aromatic carbocycles. The number of piperidine rings is 2. The van der Waals surface area contributed by atoms with Crippen molar-refractivity contribution in [2.24, 2.45) is 63.6 Å². The van der Waals surface area contributed by atoms with Crippen LogP contribution in [0.3, 0.4) is 0 Å². The molecular weight excluding hydrogens is 1440 g/mol. The Balaban J connectivity index is 0.000000113. The lowest BCUT2D eigenvalue weighted by molar-refractivity contribution is -0.184. The number of nitrogens with one attached hydrogen (secondary N) is 3. The maximum absolute atomic E-state index is 15.2. The standard InChI is InChI=1S/2C37H42N2O2.C31H33NO3/c2*1-25-17-28-19-32(28)39(25)34(40)33(35-20-26-18-27(21-35)23-36(41,22-26)24-35)38-37(29-11-5-2-6-12-29,30-13-7-3-8-14-30)31-15-9-4-10-16-31;33-28(34)27(29-17-22-16-23(18-29)20-30(35,19-22)21-29)32-31(24-10-4-1-5-11-24,25-12-6-2-7-13-25)26-14-8-3-9-15-26/h2*2-16,25-28,32-33,38,41H,17-24H2,1H3;1-15,22-23,27,32,35H,16-21H2,(H,33,34)/t2*25-,26?,27?,28-,32+,33-,35?,36?;22?,23?,27-,29?,30?/m111/s1. The Kier molecular flexibility index (Phi) is 19.4. The summed E-state index contributed by atoms with van der Waals surface area (Å²) < 4.78 is 0. The van der Waals surface area contributed by atoms with Crippen LogP contribution < -0.4 is 16.0 Å². The second-order valence-corrected chi connectivity index (χ2v) is 40.0. The fourth-order valence-corrected chi connectivity index (χ4v) is 28.9. The maximum atomic E-state index is 15.2. The Morgan fingerprint density at radius 3 is 0.675 bits per heavy atom. The average Bonchev–Trinajstić information content (AvgIpc) is 1.66. The number of nitrogens with zero attached hydrogens (tertiary/aromatic N) is 2. The van der Waals surface area contributed by atoms with E-state index in [0.717, 1.165) is 172 Å². The van der Waals surface area contributed by atoms with Crippen molar-refractivity contribution >= 4 is 17.8 Å². The van der Waals surface area contributed by atoms with Gasteiger partial charge in [0.05, 0.1) is 45.5 Å². The highest BCUT2D eigenvalue weighted by atomic mass is 16.4. The number of hydrogen-bond acceptors (Lipinski definition) is 9. The third kappa shape index (κ3) is 13.5. The fraction of sp³-hybridized carbons (Fsp3) is 0.457. The molecular formula is C105H117N5O7. The number of carbonyl (C=O) groups is 3. The molecule has 0 aromatic heterocycles. The summed E-state index contributed by atoms with van der Waals surface area (Å²) in [6.07, 6.45) is 21.1. The first-order chi connectivity index (χ1) is 56.7. The summed E-state index contributed by atoms with van der Waals surface area (Å²) in [5.41, 5.74) is 4.56. The molecule has 6 unspecified atom stereocenters. The number of carbonyl (C=O) groups excluding carboxylic acids is 2. The van der Waals surface area contributed by atoms with Gasteiger partial charge in [0.2, 0.25) is 11.8 Å². The van der Waals surface area contributed by atoms with Crippen LogP contribution in [-0.4, -0.2) is 107 Å². The topological polar surface area (TPSA) is 175 Å². The van der Waals surface area contributed by atoms with Crippen molar-refractivity contribution in [3.63, 3.8) is 0 Å². The fourth-order valence-electron chi connectivity index (χ4n) is 28.9. The van der Waals surface area contributed by atoms with Gasteiger partial charge in [-0.05, 0) is 269 Å². The second kappa shape index (κ2) is 29.5. The molecule has 25 rings (SSSR count). The molecule has 2 saturated heterocycles. The summed E-state index contributed by atoms with van der Waals surface area (Å²) >= 11 is 0. The number of benzene rings is 9. The molecule has 9 aromatic rings. The minimum Gasteiger partial charge on any atom is -0.480 e. The van der Waals surface area contributed by atoms with Gasteiger partial charge >= 0.3 is 5.97 Å². The van der Waals surface area contributed by atoms with Crippen molar-refractivity contribution in [1.29, 1.82) is 0 Å². The van der Waals surface area contributed by atoms with Gasteiger partial charge in [0.25, 0.3) is 0 Å². The molecule has 604 valence electrons. The van der Waals surface area contributed by atoms with Crippen LogP contribution in [0.2, 0.25) is 0 Å². The average molecular weight is 1560 g/mol. The SMILES string of the molecule is C[C@@H]1C[C@@H]2C[C@@H]2N1C(=O)[C@@H](NC(c1ccccc1)(c1ccccc1)c1ccccc1)C12CC3CC(CC(O)(C3)C1)C2.C[C@@H]1C[C@@H]2C[C@@H]2N1C(=O)[C@@H](NC(c1ccccc1)(c1ccccc1)c1ccccc1)C12CC3CC(CC(O)(C3)C1)C2.O=C(O)[C@@H](NC(c1ccccc1)(c1ccccc1)c1ccccc1)C12CC3CC(CC(O)(C3)C1)C2. The maximum Gasteiger partial charge on any atom is 0.321 e. The first kappa shape index (κ1) is 76.8. The van der Waals surface area contributed by atoms with Crippen LogP contribution in [-0.2, 0) is 31.0 Å². The highest BCUT2D eigenvalue weighted by Crippen LogP contribution is 2.68. The van der Waals surface area contributed by atoms with Gasteiger partial charge in [0.1, 0.15) is 6.04 Å². The molecule has 2 amide bonds. The van der Waals surface area contributed by atoms with Gasteiger partial charge in [0.15, 0.2) is 0 Å². The minimum absolute atomic E-state index is 0.258. The van der Waals surface area contributed by atoms with Crippen molar-refractivity contribution in [3.8, 4) is 0 Å². The number of carboxylic acids is 1. The van der Waals surface area contributed by atoms with E-state index >= 15 is 9.59 Å². The van der Waals surface area contributed by atoms with Gasteiger partial charge in [-0.25, -0.2) is 0 Å². The molecule has 15 atom stereocenters. The van der Waals surface area contributed by atoms with Gasteiger partial charge in [-0.2, -0.15) is 0 Å². The van der Waals surface area contributed by atoms with E-state index in [4.69, 9.17) is 0 Å². The van der Waals surface area contributed by atoms with E-state index in [-0.39, 0.29) is 46.8 Å². The van der Waals surface area contributed by atoms with Crippen molar-refractivity contribution < 1.29 is 34.8 Å². The van der Waals surface area contributed by atoms with Crippen molar-refractivity contribution in [2.75, 3.05) is 0 Å². The van der Waals surface area contributed by atoms with E-state index in [9.17, 15) is 25.2 Å². The first-order valence-corrected chi connectivity index (χ1v) is 44.6. The van der Waals surface area contributed by atoms with Crippen molar-refractivity contribution in [1.82, 2.24) is 25.8 Å². The molecule has 2 aliphatic heterocycles. The van der Waals surface area contributed by atoms with Gasteiger partial charge in [-0.15, -0.1) is 0 Å². The van der Waals surface area contributed by atoms with Crippen LogP contribution in [0.5, 0.6) is 0 Å². The van der Waals surface area contributed by atoms with Crippen LogP contribution >= 0.6 is 0 Å². The summed E-state index contributed by atoms with van der Waals surface area (Å²) in [5.74, 6) is 3.85. The summed E-state index contributed by atoms with van der Waals surface area (Å²) in [5, 5.41) is 58.2. The van der Waals surface area contributed by atoms with Crippen LogP contribution in [0, 0.1) is 63.6 Å². The number of carboxylic acid groups (broad SMARTS) is 1. The molecule has 16 fully saturated rings. The summed E-state index contributed by atoms with van der Waals surface area (Å²) in [6, 6.07) is 94.5. The highest BCUT2D eigenvalue weighted by molar-refractivity contribution is 5.86. The molecule has 2 heterocycles. The molecule has 12 nitrogen and oxygen atoms in total. The first-order valence-electron chi connectivity index (χ1n) is 44.6. The summed E-state index contributed by atoms with van der Waals surface area (Å²) in [6.45, 7) is 4.49. The van der Waals surface area contributed by atoms with E-state index in [2.05, 4.69) is 258 Å². The van der Waals surface area contributed by atoms with Crippen LogP contribution in [0.25, 0.3) is 0 Å². The molecule has 7 N–H and O–H groups in total. The summed E-state index contributed by atoms with van der Waals surface area (Å²) in [4.78, 5) is 48.0. The third-order valence-corrected chi connectivity index (χ3v) is 32.0. The lowest BCUT2D eigenvalue weighted by Gasteiger charge is -2.63. The number of aliphatic carboxylic acids is 1. The third-order valence-electron chi connectivity index (χ3n) is 32.0. The zero-order valence-electron chi connectivity index (χ0n) is 68.1. The summed E-state index contributed by atoms with van der Waals surface area (Å²) in [7, 11) is 0. The number of aliphatic hydroxyl groups is 3. The van der Waals surface area contributed by atoms with Crippen LogP contribution in [0.1, 0.15) is 205 Å². The van der Waals surface area contributed by atoms with E-state index in [1.54, 1.807) is 0 Å². The Labute approximate surface area is 691 Å². The number of amides is 2. The van der Waals surface area contributed by atoms with Gasteiger partial charge in [0, 0.05) is 24.2 Å². The highest BCUT2D eigenvalue weighted by Gasteiger charge is 2.68. The van der Waals surface area contributed by atoms with Gasteiger partial charge in [-0.3, -0.25) is 30.3 Å². The zero-order valence-corrected chi connectivity index (χ0v) is 68.1. The largest absolute Gasteiger partial charge is 0.480 e. The van der Waals surface area contributed by atoms with Crippen molar-refractivity contribution in [2.45, 2.75) is 231 Å². The Bertz CT molecular complexity index is 4490. The van der Waals surface area contributed by atoms with Crippen LogP contribution in [0.4, 0.5) is 0 Å². The smallest absolute Gasteiger partial charge is 0.321 e. The number of hydrogen-bond donors (Lipinski definition) is 7. The number of rotatable bonds is 21. The Hall–Kier alpha value is -8.85. The molecule has 14 aliphatic carbocycles. The Morgan fingerprint density at radius 2 is 0.496 bits per heavy atom. The van der Waals surface area contributed by atoms with Crippen LogP contribution in [0.15, 0.2) is 273 Å². The quantitative estimate of drug-likeness (QED) is 0.0343. The molecule has 0 radical (unpaired) electrons. The normalized spacial score (nSPS) is 34.1. The van der Waals surface area contributed by atoms with Gasteiger partial charge < -0.3 is 30.2 Å². The second-order valence-electron chi connectivity index (χ2n) is 40.0.